The number of hydrogen-bond acceptors (Lipinski definition) is 3. The minimum Gasteiger partial charge on any atom is -0.481 e. The number of esters is 1. The van der Waals surface area contributed by atoms with Crippen LogP contribution in [-0.2, 0) is 22.4 Å². The van der Waals surface area contributed by atoms with E-state index in [1.165, 1.54) is 0 Å². The summed E-state index contributed by atoms with van der Waals surface area (Å²) in [6.45, 7) is 4.00. The first-order valence-corrected chi connectivity index (χ1v) is 14.2. The van der Waals surface area contributed by atoms with Crippen LogP contribution in [0.5, 0.6) is 5.75 Å². The average Bonchev–Trinajstić information content (AvgIpc) is 2.75. The standard InChI is InChI=1S/C14H9Br2IO2.C8H6BrIO2.C2H6/c15-10-2-1-3-12(8-10)19-14(18)7-9-6-11(16)4-5-13(9)17;9-6-1-2-7(10)5(3-6)4-8(11)12;1-2/h1-6,8H,7H2;1-3H,4H2,(H,11,12);1-2H3. The van der Waals surface area contributed by atoms with E-state index in [9.17, 15) is 9.59 Å². The monoisotopic (exact) mass is 864 g/mol. The minimum atomic E-state index is -0.800. The Balaban J connectivity index is 0.000000335. The molecule has 4 nitrogen and oxygen atoms in total. The fraction of sp³-hybridized carbons (Fsp3) is 0.167. The van der Waals surface area contributed by atoms with E-state index >= 15 is 0 Å². The molecule has 3 rings (SSSR count). The number of aliphatic carboxylic acids is 1. The molecule has 9 heteroatoms. The maximum Gasteiger partial charge on any atom is 0.315 e. The number of ether oxygens (including phenoxy) is 1. The molecule has 0 unspecified atom stereocenters. The summed E-state index contributed by atoms with van der Waals surface area (Å²) in [7, 11) is 0. The SMILES string of the molecule is CC.O=C(Cc1cc(Br)ccc1I)Oc1cccc(Br)c1.O=C(O)Cc1cc(Br)ccc1I. The summed E-state index contributed by atoms with van der Waals surface area (Å²) in [6.07, 6.45) is 0.335. The van der Waals surface area contributed by atoms with E-state index in [-0.39, 0.29) is 18.8 Å². The van der Waals surface area contributed by atoms with E-state index in [2.05, 4.69) is 93.0 Å². The first-order chi connectivity index (χ1) is 15.6. The molecule has 33 heavy (non-hydrogen) atoms. The molecule has 1 N–H and O–H groups in total. The smallest absolute Gasteiger partial charge is 0.315 e. The summed E-state index contributed by atoms with van der Waals surface area (Å²) in [5, 5.41) is 8.56. The Morgan fingerprint density at radius 3 is 1.76 bits per heavy atom. The van der Waals surface area contributed by atoms with Crippen molar-refractivity contribution in [2.24, 2.45) is 0 Å². The van der Waals surface area contributed by atoms with Gasteiger partial charge in [-0.25, -0.2) is 0 Å². The number of hydrogen-bond donors (Lipinski definition) is 1. The van der Waals surface area contributed by atoms with Crippen LogP contribution >= 0.6 is 93.0 Å². The Morgan fingerprint density at radius 1 is 0.788 bits per heavy atom. The van der Waals surface area contributed by atoms with Crippen molar-refractivity contribution >= 4 is 105 Å². The number of carbonyl (C=O) groups excluding carboxylic acids is 1. The molecule has 0 aliphatic heterocycles. The zero-order valence-electron chi connectivity index (χ0n) is 17.7. The molecule has 176 valence electrons. The molecule has 0 radical (unpaired) electrons. The van der Waals surface area contributed by atoms with Crippen molar-refractivity contribution < 1.29 is 19.4 Å². The molecular weight excluding hydrogens is 846 g/mol. The number of rotatable bonds is 5. The molecule has 0 aliphatic carbocycles. The molecule has 0 saturated heterocycles. The zero-order valence-corrected chi connectivity index (χ0v) is 26.8. The van der Waals surface area contributed by atoms with E-state index in [0.717, 1.165) is 31.7 Å². The Labute approximate surface area is 246 Å². The van der Waals surface area contributed by atoms with Crippen LogP contribution in [0.15, 0.2) is 74.1 Å². The molecule has 0 amide bonds. The lowest BCUT2D eigenvalue weighted by Gasteiger charge is -2.07. The molecule has 0 bridgehead atoms. The lowest BCUT2D eigenvalue weighted by molar-refractivity contribution is -0.136. The second kappa shape index (κ2) is 16.2. The molecule has 3 aromatic rings. The van der Waals surface area contributed by atoms with Gasteiger partial charge in [0.05, 0.1) is 12.8 Å². The van der Waals surface area contributed by atoms with Gasteiger partial charge in [0.1, 0.15) is 5.75 Å². The zero-order chi connectivity index (χ0) is 25.0. The predicted octanol–water partition coefficient (Wildman–Crippen LogP) is 8.67. The Bertz CT molecular complexity index is 1090. The van der Waals surface area contributed by atoms with E-state index in [0.29, 0.717) is 5.75 Å². The number of halogens is 5. The number of carbonyl (C=O) groups is 2. The fourth-order valence-corrected chi connectivity index (χ4v) is 4.62. The van der Waals surface area contributed by atoms with Crippen molar-refractivity contribution in [1.29, 1.82) is 0 Å². The molecule has 0 fully saturated rings. The highest BCUT2D eigenvalue weighted by atomic mass is 127. The summed E-state index contributed by atoms with van der Waals surface area (Å²) in [4.78, 5) is 22.3. The van der Waals surface area contributed by atoms with E-state index in [4.69, 9.17) is 9.84 Å². The Kier molecular flexibility index (Phi) is 15.0. The first-order valence-electron chi connectivity index (χ1n) is 9.70. The van der Waals surface area contributed by atoms with Gasteiger partial charge in [0.2, 0.25) is 0 Å². The largest absolute Gasteiger partial charge is 0.481 e. The van der Waals surface area contributed by atoms with Crippen LogP contribution < -0.4 is 4.74 Å². The second-order valence-electron chi connectivity index (χ2n) is 6.15. The molecule has 0 aliphatic rings. The highest BCUT2D eigenvalue weighted by Gasteiger charge is 2.10. The van der Waals surface area contributed by atoms with Crippen LogP contribution in [0.25, 0.3) is 0 Å². The molecule has 0 aromatic heterocycles. The lowest BCUT2D eigenvalue weighted by atomic mass is 10.1. The molecule has 0 saturated carbocycles. The highest BCUT2D eigenvalue weighted by Crippen LogP contribution is 2.21. The number of carboxylic acids is 1. The van der Waals surface area contributed by atoms with E-state index in [1.54, 1.807) is 12.1 Å². The van der Waals surface area contributed by atoms with Crippen LogP contribution in [0.3, 0.4) is 0 Å². The normalized spacial score (nSPS) is 9.67. The van der Waals surface area contributed by atoms with Gasteiger partial charge in [-0.1, -0.05) is 67.7 Å². The predicted molar refractivity (Wildman–Crippen MR) is 160 cm³/mol. The summed E-state index contributed by atoms with van der Waals surface area (Å²) in [6, 6.07) is 18.7. The van der Waals surface area contributed by atoms with Crippen LogP contribution in [-0.4, -0.2) is 17.0 Å². The van der Waals surface area contributed by atoms with Crippen LogP contribution in [0.2, 0.25) is 0 Å². The third-order valence-corrected chi connectivity index (χ3v) is 7.30. The van der Waals surface area contributed by atoms with Crippen molar-refractivity contribution in [2.45, 2.75) is 26.7 Å². The maximum absolute atomic E-state index is 11.9. The van der Waals surface area contributed by atoms with Gasteiger partial charge in [0.15, 0.2) is 0 Å². The van der Waals surface area contributed by atoms with Crippen molar-refractivity contribution in [3.05, 3.63) is 92.3 Å². The van der Waals surface area contributed by atoms with Gasteiger partial charge < -0.3 is 9.84 Å². The van der Waals surface area contributed by atoms with Gasteiger partial charge in [0.25, 0.3) is 0 Å². The van der Waals surface area contributed by atoms with Crippen LogP contribution in [0.1, 0.15) is 25.0 Å². The van der Waals surface area contributed by atoms with Crippen molar-refractivity contribution in [3.63, 3.8) is 0 Å². The quantitative estimate of drug-likeness (QED) is 0.159. The summed E-state index contributed by atoms with van der Waals surface area (Å²) < 4.78 is 10.1. The van der Waals surface area contributed by atoms with Gasteiger partial charge >= 0.3 is 11.9 Å². The average molecular weight is 867 g/mol. The van der Waals surface area contributed by atoms with Gasteiger partial charge in [-0.05, 0) is 111 Å². The highest BCUT2D eigenvalue weighted by molar-refractivity contribution is 14.1. The third kappa shape index (κ3) is 12.1. The van der Waals surface area contributed by atoms with Crippen molar-refractivity contribution in [2.75, 3.05) is 0 Å². The first kappa shape index (κ1) is 30.5. The number of benzene rings is 3. The Morgan fingerprint density at radius 2 is 1.27 bits per heavy atom. The summed E-state index contributed by atoms with van der Waals surface area (Å²) >= 11 is 14.4. The van der Waals surface area contributed by atoms with Gasteiger partial charge in [-0.3, -0.25) is 9.59 Å². The second-order valence-corrected chi connectivity index (χ2v) is 11.2. The molecule has 3 aromatic carbocycles. The maximum atomic E-state index is 11.9. The van der Waals surface area contributed by atoms with E-state index < -0.39 is 5.97 Å². The molecule has 0 atom stereocenters. The molecule has 0 heterocycles. The Hall–Kier alpha value is -0.500. The third-order valence-electron chi connectivity index (χ3n) is 3.72. The van der Waals surface area contributed by atoms with E-state index in [1.807, 2.05) is 62.4 Å². The van der Waals surface area contributed by atoms with Crippen LogP contribution in [0.4, 0.5) is 0 Å². The van der Waals surface area contributed by atoms with Gasteiger partial charge in [0, 0.05) is 20.6 Å². The minimum absolute atomic E-state index is 0.0811. The topological polar surface area (TPSA) is 63.6 Å². The van der Waals surface area contributed by atoms with Gasteiger partial charge in [-0.15, -0.1) is 0 Å². The summed E-state index contributed by atoms with van der Waals surface area (Å²) in [5.41, 5.74) is 1.80. The summed E-state index contributed by atoms with van der Waals surface area (Å²) in [5.74, 6) is -0.524. The van der Waals surface area contributed by atoms with Gasteiger partial charge in [-0.2, -0.15) is 0 Å². The molecule has 0 spiro atoms. The van der Waals surface area contributed by atoms with Crippen molar-refractivity contribution in [1.82, 2.24) is 0 Å². The van der Waals surface area contributed by atoms with Crippen LogP contribution in [0, 0.1) is 7.14 Å². The lowest BCUT2D eigenvalue weighted by Crippen LogP contribution is -2.12. The fourth-order valence-electron chi connectivity index (χ4n) is 2.37. The molecular formula is C24H21Br3I2O4. The van der Waals surface area contributed by atoms with Crippen molar-refractivity contribution in [3.8, 4) is 5.75 Å². The number of carboxylic acid groups (broad SMARTS) is 1.